The molecule has 1 rings (SSSR count). The van der Waals surface area contributed by atoms with Crippen molar-refractivity contribution in [3.8, 4) is 0 Å². The maximum absolute atomic E-state index is 11.9. The van der Waals surface area contributed by atoms with Crippen molar-refractivity contribution in [2.75, 3.05) is 5.32 Å². The molecule has 2 atom stereocenters. The molecule has 0 fully saturated rings. The van der Waals surface area contributed by atoms with Gasteiger partial charge in [-0.25, -0.2) is 13.6 Å². The molecule has 0 radical (unpaired) electrons. The molecule has 0 aliphatic carbocycles. The predicted octanol–water partition coefficient (Wildman–Crippen LogP) is 0.646. The van der Waals surface area contributed by atoms with Crippen LogP contribution in [0.25, 0.3) is 0 Å². The molecule has 0 aliphatic rings. The van der Waals surface area contributed by atoms with Gasteiger partial charge in [0.25, 0.3) is 0 Å². The van der Waals surface area contributed by atoms with Gasteiger partial charge in [0.05, 0.1) is 11.7 Å². The number of benzene rings is 1. The first-order valence-electron chi connectivity index (χ1n) is 5.95. The lowest BCUT2D eigenvalue weighted by atomic mass is 9.99. The smallest absolute Gasteiger partial charge is 0.241 e. The summed E-state index contributed by atoms with van der Waals surface area (Å²) in [6.07, 6.45) is 0.755. The minimum atomic E-state index is -3.89. The van der Waals surface area contributed by atoms with E-state index in [0.717, 1.165) is 6.42 Å². The van der Waals surface area contributed by atoms with Crippen molar-refractivity contribution in [3.05, 3.63) is 24.3 Å². The van der Waals surface area contributed by atoms with Crippen molar-refractivity contribution >= 4 is 21.6 Å². The van der Waals surface area contributed by atoms with Gasteiger partial charge in [0.2, 0.25) is 15.9 Å². The standard InChI is InChI=1S/C12H19N3O3S/c1-3-8(2)11(13)12(16)15-9-6-4-5-7-10(9)19(14,17)18/h4-8,11H,3,13H2,1-2H3,(H,15,16)(H2,14,17,18)/t8-,11-/m0/s1. The summed E-state index contributed by atoms with van der Waals surface area (Å²) >= 11 is 0. The van der Waals surface area contributed by atoms with Crippen LogP contribution in [0.1, 0.15) is 20.3 Å². The molecule has 1 aromatic rings. The maximum atomic E-state index is 11.9. The molecule has 1 aromatic carbocycles. The summed E-state index contributed by atoms with van der Waals surface area (Å²) in [4.78, 5) is 11.8. The number of para-hydroxylation sites is 1. The van der Waals surface area contributed by atoms with E-state index in [1.165, 1.54) is 18.2 Å². The first-order chi connectivity index (χ1) is 8.77. The average Bonchev–Trinajstić information content (AvgIpc) is 2.36. The van der Waals surface area contributed by atoms with Crippen molar-refractivity contribution in [3.63, 3.8) is 0 Å². The number of sulfonamides is 1. The number of amides is 1. The Balaban J connectivity index is 2.98. The van der Waals surface area contributed by atoms with E-state index in [1.54, 1.807) is 6.07 Å². The average molecular weight is 285 g/mol. The lowest BCUT2D eigenvalue weighted by molar-refractivity contribution is -0.118. The highest BCUT2D eigenvalue weighted by atomic mass is 32.2. The van der Waals surface area contributed by atoms with Gasteiger partial charge >= 0.3 is 0 Å². The Bertz CT molecular complexity index is 557. The number of primary sulfonamides is 1. The van der Waals surface area contributed by atoms with Crippen molar-refractivity contribution in [1.29, 1.82) is 0 Å². The summed E-state index contributed by atoms with van der Waals surface area (Å²) < 4.78 is 22.8. The minimum absolute atomic E-state index is 0.00152. The van der Waals surface area contributed by atoms with Crippen molar-refractivity contribution in [2.24, 2.45) is 16.8 Å². The van der Waals surface area contributed by atoms with Gasteiger partial charge in [-0.1, -0.05) is 32.4 Å². The molecule has 0 heterocycles. The topological polar surface area (TPSA) is 115 Å². The largest absolute Gasteiger partial charge is 0.324 e. The monoisotopic (exact) mass is 285 g/mol. The highest BCUT2D eigenvalue weighted by Crippen LogP contribution is 2.20. The molecule has 6 nitrogen and oxygen atoms in total. The third-order valence-corrected chi connectivity index (χ3v) is 3.98. The fourth-order valence-corrected chi connectivity index (χ4v) is 2.24. The Morgan fingerprint density at radius 2 is 1.95 bits per heavy atom. The van der Waals surface area contributed by atoms with Crippen molar-refractivity contribution in [2.45, 2.75) is 31.2 Å². The van der Waals surface area contributed by atoms with Gasteiger partial charge in [-0.3, -0.25) is 4.79 Å². The van der Waals surface area contributed by atoms with Crippen LogP contribution in [-0.4, -0.2) is 20.4 Å². The molecule has 0 aromatic heterocycles. The Morgan fingerprint density at radius 3 is 2.47 bits per heavy atom. The van der Waals surface area contributed by atoms with E-state index in [2.05, 4.69) is 5.32 Å². The maximum Gasteiger partial charge on any atom is 0.241 e. The zero-order chi connectivity index (χ0) is 14.6. The van der Waals surface area contributed by atoms with Gasteiger partial charge in [0.1, 0.15) is 4.90 Å². The molecule has 0 bridgehead atoms. The Labute approximate surface area is 113 Å². The number of hydrogen-bond acceptors (Lipinski definition) is 4. The van der Waals surface area contributed by atoms with Gasteiger partial charge in [-0.05, 0) is 18.1 Å². The van der Waals surface area contributed by atoms with Crippen LogP contribution < -0.4 is 16.2 Å². The van der Waals surface area contributed by atoms with Gasteiger partial charge in [-0.2, -0.15) is 0 Å². The molecule has 0 unspecified atom stereocenters. The summed E-state index contributed by atoms with van der Waals surface area (Å²) in [6, 6.07) is 5.25. The summed E-state index contributed by atoms with van der Waals surface area (Å²) in [7, 11) is -3.89. The van der Waals surface area contributed by atoms with Crippen LogP contribution in [0.2, 0.25) is 0 Å². The molecule has 0 saturated heterocycles. The van der Waals surface area contributed by atoms with Gasteiger partial charge < -0.3 is 11.1 Å². The van der Waals surface area contributed by atoms with E-state index in [9.17, 15) is 13.2 Å². The molecule has 1 amide bonds. The number of anilines is 1. The lowest BCUT2D eigenvalue weighted by Gasteiger charge is -2.18. The zero-order valence-electron chi connectivity index (χ0n) is 11.0. The first kappa shape index (κ1) is 15.6. The number of nitrogens with two attached hydrogens (primary N) is 2. The number of hydrogen-bond donors (Lipinski definition) is 3. The number of carbonyl (C=O) groups excluding carboxylic acids is 1. The second-order valence-corrected chi connectivity index (χ2v) is 5.97. The van der Waals surface area contributed by atoms with Gasteiger partial charge in [0.15, 0.2) is 0 Å². The number of nitrogens with one attached hydrogen (secondary N) is 1. The van der Waals surface area contributed by atoms with Crippen LogP contribution in [0.4, 0.5) is 5.69 Å². The van der Waals surface area contributed by atoms with Crippen LogP contribution in [-0.2, 0) is 14.8 Å². The first-order valence-corrected chi connectivity index (χ1v) is 7.50. The van der Waals surface area contributed by atoms with Crippen molar-refractivity contribution in [1.82, 2.24) is 0 Å². The molecule has 5 N–H and O–H groups in total. The van der Waals surface area contributed by atoms with E-state index < -0.39 is 22.0 Å². The fourth-order valence-electron chi connectivity index (χ4n) is 1.55. The fraction of sp³-hybridized carbons (Fsp3) is 0.417. The van der Waals surface area contributed by atoms with E-state index in [4.69, 9.17) is 10.9 Å². The normalized spacial score (nSPS) is 14.7. The highest BCUT2D eigenvalue weighted by Gasteiger charge is 2.22. The van der Waals surface area contributed by atoms with E-state index in [0.29, 0.717) is 0 Å². The molecule has 19 heavy (non-hydrogen) atoms. The molecular weight excluding hydrogens is 266 g/mol. The molecule has 106 valence electrons. The Kier molecular flexibility index (Phi) is 5.04. The lowest BCUT2D eigenvalue weighted by Crippen LogP contribution is -2.40. The van der Waals surface area contributed by atoms with Crippen LogP contribution in [0, 0.1) is 5.92 Å². The summed E-state index contributed by atoms with van der Waals surface area (Å²) in [5.41, 5.74) is 5.93. The van der Waals surface area contributed by atoms with Crippen LogP contribution in [0.15, 0.2) is 29.2 Å². The molecular formula is C12H19N3O3S. The zero-order valence-corrected chi connectivity index (χ0v) is 11.8. The van der Waals surface area contributed by atoms with E-state index in [1.807, 2.05) is 13.8 Å². The van der Waals surface area contributed by atoms with Crippen LogP contribution in [0.3, 0.4) is 0 Å². The predicted molar refractivity (Wildman–Crippen MR) is 73.9 cm³/mol. The van der Waals surface area contributed by atoms with E-state index in [-0.39, 0.29) is 16.5 Å². The van der Waals surface area contributed by atoms with Crippen LogP contribution >= 0.6 is 0 Å². The third-order valence-electron chi connectivity index (χ3n) is 3.01. The molecule has 7 heteroatoms. The minimum Gasteiger partial charge on any atom is -0.324 e. The second kappa shape index (κ2) is 6.14. The van der Waals surface area contributed by atoms with Crippen LogP contribution in [0.5, 0.6) is 0 Å². The quantitative estimate of drug-likeness (QED) is 0.736. The summed E-state index contributed by atoms with van der Waals surface area (Å²) in [5, 5.41) is 7.59. The summed E-state index contributed by atoms with van der Waals surface area (Å²) in [6.45, 7) is 3.78. The third kappa shape index (κ3) is 4.02. The second-order valence-electron chi connectivity index (χ2n) is 4.44. The molecule has 0 saturated carbocycles. The Morgan fingerprint density at radius 1 is 1.37 bits per heavy atom. The molecule has 0 spiro atoms. The van der Waals surface area contributed by atoms with Gasteiger partial charge in [-0.15, -0.1) is 0 Å². The van der Waals surface area contributed by atoms with E-state index >= 15 is 0 Å². The summed E-state index contributed by atoms with van der Waals surface area (Å²) in [5.74, 6) is -0.424. The number of carbonyl (C=O) groups is 1. The SMILES string of the molecule is CC[C@H](C)[C@H](N)C(=O)Nc1ccccc1S(N)(=O)=O. The van der Waals surface area contributed by atoms with Gasteiger partial charge in [0, 0.05) is 0 Å². The van der Waals surface area contributed by atoms with Crippen molar-refractivity contribution < 1.29 is 13.2 Å². The number of rotatable bonds is 5. The Hall–Kier alpha value is -1.44. The highest BCUT2D eigenvalue weighted by molar-refractivity contribution is 7.89. The molecule has 0 aliphatic heterocycles.